The number of likely N-dealkylation sites (N-methyl/N-ethyl adjacent to an activating group) is 2. The molecule has 0 aliphatic heterocycles. The molecule has 0 amide bonds. The van der Waals surface area contributed by atoms with Crippen molar-refractivity contribution in [3.05, 3.63) is 237 Å². The number of nitriles is 2. The first kappa shape index (κ1) is 99.5. The lowest BCUT2D eigenvalue weighted by atomic mass is 10.1. The minimum atomic E-state index is 0.290. The van der Waals surface area contributed by atoms with E-state index in [-0.39, 0.29) is 6.04 Å². The molecule has 14 rings (SSSR count). The highest BCUT2D eigenvalue weighted by molar-refractivity contribution is 6.32. The Morgan fingerprint density at radius 2 is 0.953 bits per heavy atom. The molecule has 0 radical (unpaired) electrons. The predicted molar refractivity (Wildman–Crippen MR) is 523 cm³/mol. The Morgan fingerprint density at radius 3 is 1.50 bits per heavy atom. The van der Waals surface area contributed by atoms with Crippen molar-refractivity contribution in [2.45, 2.75) is 192 Å². The lowest BCUT2D eigenvalue weighted by molar-refractivity contribution is 0.291. The van der Waals surface area contributed by atoms with Crippen molar-refractivity contribution < 1.29 is 23.7 Å². The Hall–Kier alpha value is -11.7. The third-order valence-corrected chi connectivity index (χ3v) is 22.4. The molecule has 6 heterocycles. The smallest absolute Gasteiger partial charge is 0.146 e. The number of unbranched alkanes of at least 4 members (excludes halogenated alkanes) is 4. The van der Waals surface area contributed by atoms with Gasteiger partial charge in [0.15, 0.2) is 0 Å². The van der Waals surface area contributed by atoms with Crippen LogP contribution in [0.25, 0.3) is 54.5 Å². The summed E-state index contributed by atoms with van der Waals surface area (Å²) in [5.74, 6) is 6.10. The van der Waals surface area contributed by atoms with Crippen LogP contribution in [0, 0.1) is 34.5 Å². The van der Waals surface area contributed by atoms with Gasteiger partial charge in [0, 0.05) is 93.2 Å². The van der Waals surface area contributed by atoms with E-state index in [1.165, 1.54) is 57.1 Å². The predicted octanol–water partition coefficient (Wildman–Crippen LogP) is 21.7. The number of rotatable bonds is 43. The molecule has 0 aliphatic carbocycles. The quantitative estimate of drug-likeness (QED) is 0.0277. The zero-order valence-electron chi connectivity index (χ0n) is 79.2. The van der Waals surface area contributed by atoms with Crippen LogP contribution in [0.5, 0.6) is 34.5 Å². The number of fused-ring (bicyclic) bond motifs is 5. The van der Waals surface area contributed by atoms with E-state index in [9.17, 15) is 0 Å². The summed E-state index contributed by atoms with van der Waals surface area (Å²) in [4.78, 5) is 11.6. The van der Waals surface area contributed by atoms with Crippen LogP contribution in [0.15, 0.2) is 176 Å². The number of aromatic amines is 3. The van der Waals surface area contributed by atoms with Gasteiger partial charge in [0.05, 0.1) is 102 Å². The summed E-state index contributed by atoms with van der Waals surface area (Å²) in [6.07, 6.45) is 12.7. The van der Waals surface area contributed by atoms with Gasteiger partial charge in [-0.05, 0) is 265 Å². The number of halogens is 1. The molecule has 0 fully saturated rings. The van der Waals surface area contributed by atoms with Crippen molar-refractivity contribution in [1.29, 1.82) is 10.5 Å². The molecular weight excluding hydrogens is 1630 g/mol. The minimum absolute atomic E-state index is 0.290. The van der Waals surface area contributed by atoms with E-state index in [4.69, 9.17) is 56.0 Å². The molecule has 8 aromatic carbocycles. The van der Waals surface area contributed by atoms with Gasteiger partial charge in [-0.2, -0.15) is 41.1 Å². The lowest BCUT2D eigenvalue weighted by Crippen LogP contribution is -2.28. The number of ether oxygens (including phenoxy) is 5. The molecule has 0 saturated carbocycles. The third-order valence-electron chi connectivity index (χ3n) is 22.1. The van der Waals surface area contributed by atoms with Crippen molar-refractivity contribution in [3.63, 3.8) is 0 Å². The summed E-state index contributed by atoms with van der Waals surface area (Å²) >= 11 is 6.17. The molecule has 25 nitrogen and oxygen atoms in total. The zero-order valence-corrected chi connectivity index (χ0v) is 80.0. The maximum atomic E-state index is 8.92. The number of aromatic nitrogens is 12. The van der Waals surface area contributed by atoms with E-state index in [0.717, 1.165) is 214 Å². The third kappa shape index (κ3) is 30.8. The number of aryl methyl sites for hydroxylation is 1. The maximum Gasteiger partial charge on any atom is 0.146 e. The zero-order chi connectivity index (χ0) is 92.1. The Bertz CT molecular complexity index is 5790. The van der Waals surface area contributed by atoms with Crippen LogP contribution in [0.1, 0.15) is 189 Å². The molecule has 129 heavy (non-hydrogen) atoms. The van der Waals surface area contributed by atoms with E-state index < -0.39 is 0 Å². The van der Waals surface area contributed by atoms with E-state index in [1.807, 2.05) is 175 Å². The molecule has 0 spiro atoms. The molecule has 0 atom stereocenters. The second-order valence-corrected chi connectivity index (χ2v) is 35.1. The number of nitrogens with zero attached hydrogens (tertiary/aromatic N) is 16. The fraction of sp³-hybridized carbons (Fsp3) is 0.437. The number of hydrogen-bond donors (Lipinski definition) is 4. The second-order valence-electron chi connectivity index (χ2n) is 34.7. The molecule has 0 unspecified atom stereocenters. The van der Waals surface area contributed by atoms with Crippen LogP contribution in [-0.4, -0.2) is 173 Å². The van der Waals surface area contributed by atoms with Crippen LogP contribution in [-0.2, 0) is 66.1 Å². The van der Waals surface area contributed by atoms with Gasteiger partial charge in [-0.3, -0.25) is 34.2 Å². The van der Waals surface area contributed by atoms with E-state index in [0.29, 0.717) is 53.6 Å². The SMILES string of the molecule is CCCCN(C)Cc1[nH]nc2ccc(OCc3ccn(CC(C)C)n3)cc12.CCCCN(C)Cc1[nH]nc2ccc(Oc3ccccc3Cl)cc12.CCCCN(C)Cc1[nH]nc2cccc(OCCC(C)C)c12.CCCCN(C)Cc1nn(C)c2ccc(OCc3ccc(C#N)cc3)cc12.CNCCN(C)Cc1c2cc(OCc3ccc(C#N)cc3)ccc2nn1C(C)C. The van der Waals surface area contributed by atoms with Crippen molar-refractivity contribution in [3.8, 4) is 46.6 Å². The summed E-state index contributed by atoms with van der Waals surface area (Å²) in [5.41, 5.74) is 15.0. The lowest BCUT2D eigenvalue weighted by Gasteiger charge is -2.19. The van der Waals surface area contributed by atoms with Crippen LogP contribution in [0.3, 0.4) is 0 Å². The summed E-state index contributed by atoms with van der Waals surface area (Å²) < 4.78 is 35.9. The molecule has 0 aliphatic rings. The molecule has 4 N–H and O–H groups in total. The number of hydrogen-bond acceptors (Lipinski definition) is 19. The molecule has 0 bridgehead atoms. The molecule has 26 heteroatoms. The fourth-order valence-electron chi connectivity index (χ4n) is 14.7. The van der Waals surface area contributed by atoms with Gasteiger partial charge in [-0.25, -0.2) is 0 Å². The van der Waals surface area contributed by atoms with Crippen LogP contribution in [0.2, 0.25) is 5.02 Å². The molecule has 0 saturated heterocycles. The standard InChI is InChI=1S/C23H29N5O.C22H26N4O.C21H31N5O.C19H22ClN3O.C18H29N3O/c1-17(2)28-23(15-27(4)12-11-25-3)21-13-20(9-10-22(21)26-28)29-16-19-7-5-18(14-24)6-8-19;1-4-5-12-25(2)15-21-20-13-19(10-11-22(20)26(3)24-21)27-16-18-8-6-17(14-23)7-9-18;1-5-6-10-25(4)14-21-19-12-18(7-8-20(19)22-23-21)27-15-17-9-11-26(24-17)13-16(2)3;1-3-4-11-23(2)13-18-15-12-14(9-10-17(15)21-22-18)24-19-8-6-5-7-16(19)20;1-5-6-11-21(4)13-16-18-15(19-20-16)8-7-9-17(18)22-12-10-14(2)3/h5-10,13,17,25H,11-12,15-16H2,1-4H3;6-11,13H,4-5,12,15-16H2,1-3H3;7-9,11-12,16H,5-6,10,13-15H2,1-4H3,(H,22,23);5-10,12H,3-4,11,13H2,1-2H3,(H,21,22);7-9,14H,5-6,10-13H2,1-4H3,(H,19,20). The molecule has 14 aromatic rings. The van der Waals surface area contributed by atoms with Crippen molar-refractivity contribution in [2.24, 2.45) is 18.9 Å². The van der Waals surface area contributed by atoms with Gasteiger partial charge < -0.3 is 48.6 Å². The van der Waals surface area contributed by atoms with Gasteiger partial charge >= 0.3 is 0 Å². The Kier molecular flexibility index (Phi) is 39.7. The van der Waals surface area contributed by atoms with Crippen molar-refractivity contribution in [1.82, 2.24) is 89.7 Å². The van der Waals surface area contributed by atoms with Gasteiger partial charge in [-0.1, -0.05) is 135 Å². The minimum Gasteiger partial charge on any atom is -0.493 e. The summed E-state index contributed by atoms with van der Waals surface area (Å²) in [5, 5.41) is 64.1. The molecular formula is C103H137ClN20O5. The van der Waals surface area contributed by atoms with Gasteiger partial charge in [-0.15, -0.1) is 0 Å². The van der Waals surface area contributed by atoms with Crippen LogP contribution >= 0.6 is 11.6 Å². The number of H-pyrrole nitrogens is 3. The maximum absolute atomic E-state index is 8.92. The summed E-state index contributed by atoms with van der Waals surface area (Å²) in [7, 11) is 14.7. The Labute approximate surface area is 768 Å². The highest BCUT2D eigenvalue weighted by Crippen LogP contribution is 2.35. The normalized spacial score (nSPS) is 11.4. The first-order valence-electron chi connectivity index (χ1n) is 45.8. The highest BCUT2D eigenvalue weighted by Gasteiger charge is 2.20. The highest BCUT2D eigenvalue weighted by atomic mass is 35.5. The Morgan fingerprint density at radius 1 is 0.465 bits per heavy atom. The number of nitrogens with one attached hydrogen (secondary N) is 4. The molecule has 6 aromatic heterocycles. The van der Waals surface area contributed by atoms with Crippen molar-refractivity contribution in [2.75, 3.05) is 88.2 Å². The average Bonchev–Trinajstić information content (AvgIpc) is 1.65. The van der Waals surface area contributed by atoms with Crippen molar-refractivity contribution >= 4 is 66.1 Å². The van der Waals surface area contributed by atoms with Crippen LogP contribution < -0.4 is 29.0 Å². The number of benzene rings is 8. The first-order chi connectivity index (χ1) is 62.4. The monoisotopic (exact) mass is 1770 g/mol. The first-order valence-corrected chi connectivity index (χ1v) is 46.2. The van der Waals surface area contributed by atoms with Gasteiger partial charge in [0.2, 0.25) is 0 Å². The summed E-state index contributed by atoms with van der Waals surface area (Å²) in [6, 6.07) is 59.3. The van der Waals surface area contributed by atoms with Gasteiger partial charge in [0.1, 0.15) is 54.3 Å². The largest absolute Gasteiger partial charge is 0.493 e. The topological polar surface area (TPSA) is 261 Å². The van der Waals surface area contributed by atoms with E-state index in [2.05, 4.69) is 211 Å². The van der Waals surface area contributed by atoms with Crippen LogP contribution in [0.4, 0.5) is 0 Å². The molecule has 686 valence electrons. The average molecular weight is 1770 g/mol. The Balaban J connectivity index is 0.000000168. The number of para-hydroxylation sites is 1. The fourth-order valence-corrected chi connectivity index (χ4v) is 14.9. The summed E-state index contributed by atoms with van der Waals surface area (Å²) in [6.45, 7) is 35.6. The van der Waals surface area contributed by atoms with E-state index in [1.54, 1.807) is 0 Å². The van der Waals surface area contributed by atoms with Gasteiger partial charge in [0.25, 0.3) is 0 Å². The van der Waals surface area contributed by atoms with E-state index >= 15 is 0 Å². The second kappa shape index (κ2) is 51.5.